The second-order valence-corrected chi connectivity index (χ2v) is 3.91. The first-order chi connectivity index (χ1) is 7.75. The second kappa shape index (κ2) is 4.94. The molecule has 1 aromatic heterocycles. The predicted octanol–water partition coefficient (Wildman–Crippen LogP) is 3.30. The lowest BCUT2D eigenvalue weighted by atomic mass is 10.1. The Morgan fingerprint density at radius 3 is 2.44 bits per heavy atom. The molecule has 0 spiro atoms. The standard InChI is InChI=1S/C12H12ClN3/c1-9(10-5-3-2-4-6-10)14-12-8-7-11(13)15-16-12/h2-9H,1H3,(H,14,16). The van der Waals surface area contributed by atoms with Gasteiger partial charge in [0.05, 0.1) is 0 Å². The molecule has 0 radical (unpaired) electrons. The minimum atomic E-state index is 0.191. The molecule has 1 aromatic carbocycles. The SMILES string of the molecule is CC(Nc1ccc(Cl)nn1)c1ccccc1. The molecule has 1 heterocycles. The third-order valence-electron chi connectivity index (χ3n) is 2.30. The zero-order chi connectivity index (χ0) is 11.4. The Hall–Kier alpha value is -1.61. The van der Waals surface area contributed by atoms with Gasteiger partial charge in [0.1, 0.15) is 5.82 Å². The van der Waals surface area contributed by atoms with Crippen LogP contribution in [0.4, 0.5) is 5.82 Å². The Labute approximate surface area is 99.5 Å². The molecule has 1 N–H and O–H groups in total. The van der Waals surface area contributed by atoms with E-state index in [9.17, 15) is 0 Å². The van der Waals surface area contributed by atoms with E-state index in [1.165, 1.54) is 5.56 Å². The molecular weight excluding hydrogens is 222 g/mol. The van der Waals surface area contributed by atoms with Crippen LogP contribution in [0, 0.1) is 0 Å². The highest BCUT2D eigenvalue weighted by atomic mass is 35.5. The summed E-state index contributed by atoms with van der Waals surface area (Å²) >= 11 is 5.66. The zero-order valence-electron chi connectivity index (χ0n) is 8.89. The number of benzene rings is 1. The first kappa shape index (κ1) is 10.9. The third kappa shape index (κ3) is 2.70. The Bertz CT molecular complexity index is 442. The maximum absolute atomic E-state index is 5.66. The largest absolute Gasteiger partial charge is 0.362 e. The first-order valence-corrected chi connectivity index (χ1v) is 5.44. The molecule has 16 heavy (non-hydrogen) atoms. The van der Waals surface area contributed by atoms with Crippen LogP contribution in [0.2, 0.25) is 5.15 Å². The van der Waals surface area contributed by atoms with Crippen molar-refractivity contribution in [1.29, 1.82) is 0 Å². The van der Waals surface area contributed by atoms with Crippen LogP contribution in [-0.2, 0) is 0 Å². The molecule has 0 aliphatic heterocycles. The highest BCUT2D eigenvalue weighted by Gasteiger charge is 2.05. The minimum absolute atomic E-state index is 0.191. The third-order valence-corrected chi connectivity index (χ3v) is 2.50. The van der Waals surface area contributed by atoms with Gasteiger partial charge in [0.15, 0.2) is 5.15 Å². The van der Waals surface area contributed by atoms with Gasteiger partial charge in [-0.2, -0.15) is 0 Å². The summed E-state index contributed by atoms with van der Waals surface area (Å²) in [5, 5.41) is 11.4. The maximum Gasteiger partial charge on any atom is 0.151 e. The second-order valence-electron chi connectivity index (χ2n) is 3.52. The van der Waals surface area contributed by atoms with E-state index in [4.69, 9.17) is 11.6 Å². The van der Waals surface area contributed by atoms with Gasteiger partial charge in [-0.15, -0.1) is 10.2 Å². The number of rotatable bonds is 3. The summed E-state index contributed by atoms with van der Waals surface area (Å²) in [5.74, 6) is 0.723. The molecule has 0 saturated carbocycles. The predicted molar refractivity (Wildman–Crippen MR) is 65.5 cm³/mol. The monoisotopic (exact) mass is 233 g/mol. The van der Waals surface area contributed by atoms with Gasteiger partial charge in [-0.1, -0.05) is 41.9 Å². The van der Waals surface area contributed by atoms with Gasteiger partial charge >= 0.3 is 0 Å². The average molecular weight is 234 g/mol. The first-order valence-electron chi connectivity index (χ1n) is 5.06. The Morgan fingerprint density at radius 1 is 1.06 bits per heavy atom. The molecule has 1 unspecified atom stereocenters. The van der Waals surface area contributed by atoms with Crippen LogP contribution in [0.3, 0.4) is 0 Å². The van der Waals surface area contributed by atoms with Crippen LogP contribution in [0.1, 0.15) is 18.5 Å². The fourth-order valence-electron chi connectivity index (χ4n) is 1.44. The van der Waals surface area contributed by atoms with Crippen LogP contribution < -0.4 is 5.32 Å². The van der Waals surface area contributed by atoms with Gasteiger partial charge in [0, 0.05) is 6.04 Å². The van der Waals surface area contributed by atoms with Crippen LogP contribution in [0.25, 0.3) is 0 Å². The fourth-order valence-corrected chi connectivity index (χ4v) is 1.54. The lowest BCUT2D eigenvalue weighted by molar-refractivity contribution is 0.861. The van der Waals surface area contributed by atoms with Crippen molar-refractivity contribution >= 4 is 17.4 Å². The van der Waals surface area contributed by atoms with E-state index < -0.39 is 0 Å². The molecule has 0 fully saturated rings. The van der Waals surface area contributed by atoms with Gasteiger partial charge in [0.25, 0.3) is 0 Å². The number of hydrogen-bond donors (Lipinski definition) is 1. The summed E-state index contributed by atoms with van der Waals surface area (Å²) in [6, 6.07) is 13.9. The van der Waals surface area contributed by atoms with Gasteiger partial charge in [-0.05, 0) is 24.6 Å². The number of anilines is 1. The molecule has 0 aliphatic rings. The molecular formula is C12H12ClN3. The number of hydrogen-bond acceptors (Lipinski definition) is 3. The molecule has 0 aliphatic carbocycles. The van der Waals surface area contributed by atoms with Crippen molar-refractivity contribution in [2.45, 2.75) is 13.0 Å². The summed E-state index contributed by atoms with van der Waals surface area (Å²) in [6.45, 7) is 2.08. The summed E-state index contributed by atoms with van der Waals surface area (Å²) in [5.41, 5.74) is 1.21. The van der Waals surface area contributed by atoms with Crippen molar-refractivity contribution in [2.24, 2.45) is 0 Å². The molecule has 0 bridgehead atoms. The molecule has 2 rings (SSSR count). The summed E-state index contributed by atoms with van der Waals surface area (Å²) < 4.78 is 0. The fraction of sp³-hybridized carbons (Fsp3) is 0.167. The van der Waals surface area contributed by atoms with E-state index in [1.807, 2.05) is 24.3 Å². The zero-order valence-corrected chi connectivity index (χ0v) is 9.65. The van der Waals surface area contributed by atoms with E-state index >= 15 is 0 Å². The number of aromatic nitrogens is 2. The molecule has 1 atom stereocenters. The molecule has 0 saturated heterocycles. The van der Waals surface area contributed by atoms with E-state index in [2.05, 4.69) is 34.6 Å². The van der Waals surface area contributed by atoms with E-state index in [0.29, 0.717) is 5.15 Å². The van der Waals surface area contributed by atoms with Crippen LogP contribution >= 0.6 is 11.6 Å². The van der Waals surface area contributed by atoms with Gasteiger partial charge in [-0.3, -0.25) is 0 Å². The molecule has 3 nitrogen and oxygen atoms in total. The van der Waals surface area contributed by atoms with Crippen molar-refractivity contribution in [2.75, 3.05) is 5.32 Å². The molecule has 2 aromatic rings. The van der Waals surface area contributed by atoms with Crippen LogP contribution in [-0.4, -0.2) is 10.2 Å². The lowest BCUT2D eigenvalue weighted by Crippen LogP contribution is -2.08. The van der Waals surface area contributed by atoms with E-state index in [1.54, 1.807) is 6.07 Å². The molecule has 82 valence electrons. The van der Waals surface area contributed by atoms with Crippen molar-refractivity contribution in [3.8, 4) is 0 Å². The molecule has 4 heteroatoms. The normalized spacial score (nSPS) is 12.1. The Balaban J connectivity index is 2.08. The minimum Gasteiger partial charge on any atom is -0.362 e. The van der Waals surface area contributed by atoms with Crippen LogP contribution in [0.15, 0.2) is 42.5 Å². The number of nitrogens with zero attached hydrogens (tertiary/aromatic N) is 2. The topological polar surface area (TPSA) is 37.8 Å². The van der Waals surface area contributed by atoms with E-state index in [0.717, 1.165) is 5.82 Å². The average Bonchev–Trinajstić information content (AvgIpc) is 2.33. The quantitative estimate of drug-likeness (QED) is 0.884. The van der Waals surface area contributed by atoms with Gasteiger partial charge in [0.2, 0.25) is 0 Å². The summed E-state index contributed by atoms with van der Waals surface area (Å²) in [7, 11) is 0. The van der Waals surface area contributed by atoms with Crippen molar-refractivity contribution in [1.82, 2.24) is 10.2 Å². The van der Waals surface area contributed by atoms with Crippen molar-refractivity contribution in [3.05, 3.63) is 53.2 Å². The van der Waals surface area contributed by atoms with Crippen molar-refractivity contribution in [3.63, 3.8) is 0 Å². The van der Waals surface area contributed by atoms with Crippen LogP contribution in [0.5, 0.6) is 0 Å². The highest BCUT2D eigenvalue weighted by molar-refractivity contribution is 6.29. The Kier molecular flexibility index (Phi) is 3.37. The molecule has 0 amide bonds. The van der Waals surface area contributed by atoms with Gasteiger partial charge < -0.3 is 5.32 Å². The Morgan fingerprint density at radius 2 is 1.81 bits per heavy atom. The maximum atomic E-state index is 5.66. The van der Waals surface area contributed by atoms with Crippen molar-refractivity contribution < 1.29 is 0 Å². The summed E-state index contributed by atoms with van der Waals surface area (Å²) in [6.07, 6.45) is 0. The number of nitrogens with one attached hydrogen (secondary N) is 1. The summed E-state index contributed by atoms with van der Waals surface area (Å²) in [4.78, 5) is 0. The highest BCUT2D eigenvalue weighted by Crippen LogP contribution is 2.17. The number of halogens is 1. The van der Waals surface area contributed by atoms with Gasteiger partial charge in [-0.25, -0.2) is 0 Å². The van der Waals surface area contributed by atoms with E-state index in [-0.39, 0.29) is 6.04 Å². The smallest absolute Gasteiger partial charge is 0.151 e. The lowest BCUT2D eigenvalue weighted by Gasteiger charge is -2.14.